The molecule has 0 spiro atoms. The van der Waals surface area contributed by atoms with E-state index in [4.69, 9.17) is 14.4 Å². The molecule has 2 heterocycles. The van der Waals surface area contributed by atoms with Crippen LogP contribution in [0.1, 0.15) is 35.7 Å². The molecular weight excluding hydrogens is 574 g/mol. The Hall–Kier alpha value is -6.00. The molecule has 1 N–H and O–H groups in total. The Morgan fingerprint density at radius 2 is 1.26 bits per heavy atom. The van der Waals surface area contributed by atoms with Gasteiger partial charge in [-0.3, -0.25) is 0 Å². The number of hydrogen-bond donors (Lipinski definition) is 1. The van der Waals surface area contributed by atoms with Crippen LogP contribution in [0.15, 0.2) is 154 Å². The van der Waals surface area contributed by atoms with E-state index in [0.29, 0.717) is 5.84 Å². The minimum Gasteiger partial charge on any atom is -0.456 e. The zero-order valence-corrected chi connectivity index (χ0v) is 25.7. The Morgan fingerprint density at radius 1 is 0.574 bits per heavy atom. The van der Waals surface area contributed by atoms with Crippen LogP contribution in [0.2, 0.25) is 0 Å². The lowest BCUT2D eigenvalue weighted by molar-refractivity contribution is 0.572. The van der Waals surface area contributed by atoms with Crippen LogP contribution in [-0.2, 0) is 0 Å². The van der Waals surface area contributed by atoms with E-state index in [9.17, 15) is 0 Å². The van der Waals surface area contributed by atoms with Crippen LogP contribution in [0.5, 0.6) is 0 Å². The predicted molar refractivity (Wildman–Crippen MR) is 194 cm³/mol. The van der Waals surface area contributed by atoms with Gasteiger partial charge in [-0.05, 0) is 70.1 Å². The van der Waals surface area contributed by atoms with Crippen LogP contribution in [-0.4, -0.2) is 11.7 Å². The molecule has 1 atom stereocenters. The first-order valence-electron chi connectivity index (χ1n) is 16.2. The Balaban J connectivity index is 1.17. The molecule has 47 heavy (non-hydrogen) atoms. The van der Waals surface area contributed by atoms with E-state index in [1.807, 2.05) is 24.3 Å². The molecule has 0 radical (unpaired) electrons. The summed E-state index contributed by atoms with van der Waals surface area (Å²) in [7, 11) is 0. The van der Waals surface area contributed by atoms with E-state index in [1.54, 1.807) is 0 Å². The summed E-state index contributed by atoms with van der Waals surface area (Å²) in [5, 5.41) is 8.39. The number of amidine groups is 2. The number of rotatable bonds is 5. The van der Waals surface area contributed by atoms with Crippen LogP contribution in [0.3, 0.4) is 0 Å². The van der Waals surface area contributed by atoms with Gasteiger partial charge in [-0.2, -0.15) is 0 Å². The van der Waals surface area contributed by atoms with Crippen LogP contribution in [0.4, 0.5) is 0 Å². The topological polar surface area (TPSA) is 49.9 Å². The molecule has 0 saturated heterocycles. The maximum Gasteiger partial charge on any atom is 0.159 e. The SMILES string of the molecule is C1=c2oc3c(-c4ccc(-c5ccc6ccccc6c5)cc4)ccc(C4=NC(c5ccccc5)=NC(c5ccccc5)N4)c3c2=CCC1. The maximum atomic E-state index is 6.69. The second-order valence-electron chi connectivity index (χ2n) is 12.1. The summed E-state index contributed by atoms with van der Waals surface area (Å²) in [6.07, 6.45) is 6.20. The van der Waals surface area contributed by atoms with Crippen LogP contribution >= 0.6 is 0 Å². The average Bonchev–Trinajstić information content (AvgIpc) is 3.55. The lowest BCUT2D eigenvalue weighted by atomic mass is 9.95. The van der Waals surface area contributed by atoms with Gasteiger partial charge >= 0.3 is 0 Å². The number of benzene rings is 6. The standard InChI is InChI=1S/C43H31N3O/c1-3-12-31(13-4-1)41-44-42(32-14-5-2-6-15-32)46-43(45-41)37-26-25-35(40-39(37)36-17-9-10-18-38(36)47-40)30-22-19-29(20-23-30)34-24-21-28-11-7-8-16-33(28)27-34/h1-8,11-27,41H,9-10H2,(H,44,45,46). The Bertz CT molecular complexity index is 2470. The summed E-state index contributed by atoms with van der Waals surface area (Å²) in [6, 6.07) is 48.9. The van der Waals surface area contributed by atoms with Gasteiger partial charge in [0.05, 0.1) is 0 Å². The van der Waals surface area contributed by atoms with Gasteiger partial charge < -0.3 is 9.73 Å². The number of nitrogens with zero attached hydrogens (tertiary/aromatic N) is 2. The highest BCUT2D eigenvalue weighted by Crippen LogP contribution is 2.33. The van der Waals surface area contributed by atoms with E-state index < -0.39 is 0 Å². The molecule has 224 valence electrons. The van der Waals surface area contributed by atoms with E-state index >= 15 is 0 Å². The summed E-state index contributed by atoms with van der Waals surface area (Å²) >= 11 is 0. The molecule has 2 aliphatic rings. The molecule has 4 heteroatoms. The monoisotopic (exact) mass is 605 g/mol. The Kier molecular flexibility index (Phi) is 6.64. The fourth-order valence-corrected chi connectivity index (χ4v) is 6.78. The molecule has 4 nitrogen and oxygen atoms in total. The van der Waals surface area contributed by atoms with Crippen molar-refractivity contribution in [2.75, 3.05) is 0 Å². The minimum atomic E-state index is -0.269. The van der Waals surface area contributed by atoms with Gasteiger partial charge in [-0.15, -0.1) is 0 Å². The van der Waals surface area contributed by atoms with Crippen molar-refractivity contribution in [3.05, 3.63) is 167 Å². The van der Waals surface area contributed by atoms with Crippen molar-refractivity contribution < 1.29 is 4.42 Å². The lowest BCUT2D eigenvalue weighted by Gasteiger charge is -2.24. The van der Waals surface area contributed by atoms with Gasteiger partial charge in [0.25, 0.3) is 0 Å². The third-order valence-electron chi connectivity index (χ3n) is 9.17. The largest absolute Gasteiger partial charge is 0.456 e. The lowest BCUT2D eigenvalue weighted by Crippen LogP contribution is -2.34. The number of furan rings is 1. The van der Waals surface area contributed by atoms with Crippen molar-refractivity contribution in [3.63, 3.8) is 0 Å². The second-order valence-corrected chi connectivity index (χ2v) is 12.1. The van der Waals surface area contributed by atoms with E-state index in [2.05, 4.69) is 133 Å². The van der Waals surface area contributed by atoms with Crippen molar-refractivity contribution in [2.45, 2.75) is 19.0 Å². The van der Waals surface area contributed by atoms with Crippen molar-refractivity contribution in [1.82, 2.24) is 5.32 Å². The molecule has 9 rings (SSSR count). The number of aliphatic imine (C=N–C) groups is 2. The van der Waals surface area contributed by atoms with Gasteiger partial charge in [0.15, 0.2) is 5.84 Å². The summed E-state index contributed by atoms with van der Waals surface area (Å²) < 4.78 is 6.69. The molecular formula is C43H31N3O. The molecule has 0 fully saturated rings. The smallest absolute Gasteiger partial charge is 0.159 e. The third kappa shape index (κ3) is 4.95. The van der Waals surface area contributed by atoms with E-state index in [0.717, 1.165) is 68.1 Å². The first-order chi connectivity index (χ1) is 23.3. The van der Waals surface area contributed by atoms with E-state index in [-0.39, 0.29) is 6.17 Å². The molecule has 1 unspecified atom stereocenters. The van der Waals surface area contributed by atoms with Gasteiger partial charge in [0.1, 0.15) is 23.0 Å². The summed E-state index contributed by atoms with van der Waals surface area (Å²) in [6.45, 7) is 0. The zero-order chi connectivity index (χ0) is 31.2. The molecule has 0 bridgehead atoms. The average molecular weight is 606 g/mol. The van der Waals surface area contributed by atoms with Gasteiger partial charge in [-0.1, -0.05) is 127 Å². The first kappa shape index (κ1) is 27.3. The Morgan fingerprint density at radius 3 is 2.09 bits per heavy atom. The van der Waals surface area contributed by atoms with Crippen LogP contribution in [0, 0.1) is 0 Å². The van der Waals surface area contributed by atoms with Crippen molar-refractivity contribution in [2.24, 2.45) is 9.98 Å². The first-order valence-corrected chi connectivity index (χ1v) is 16.2. The highest BCUT2D eigenvalue weighted by atomic mass is 16.3. The minimum absolute atomic E-state index is 0.269. The summed E-state index contributed by atoms with van der Waals surface area (Å²) in [5.41, 5.74) is 9.47. The highest BCUT2D eigenvalue weighted by Gasteiger charge is 2.25. The number of hydrogen-bond acceptors (Lipinski definition) is 4. The van der Waals surface area contributed by atoms with Crippen molar-refractivity contribution in [3.8, 4) is 22.3 Å². The number of fused-ring (bicyclic) bond motifs is 4. The van der Waals surface area contributed by atoms with Crippen LogP contribution in [0.25, 0.3) is 56.1 Å². The molecule has 6 aromatic carbocycles. The van der Waals surface area contributed by atoms with Crippen molar-refractivity contribution >= 4 is 45.6 Å². The highest BCUT2D eigenvalue weighted by molar-refractivity contribution is 6.18. The van der Waals surface area contributed by atoms with Gasteiger partial charge in [-0.25, -0.2) is 9.98 Å². The zero-order valence-electron chi connectivity index (χ0n) is 25.7. The molecule has 1 aliphatic carbocycles. The molecule has 1 aliphatic heterocycles. The fraction of sp³-hybridized carbons (Fsp3) is 0.0698. The van der Waals surface area contributed by atoms with E-state index in [1.165, 1.54) is 21.9 Å². The third-order valence-corrected chi connectivity index (χ3v) is 9.17. The van der Waals surface area contributed by atoms with Gasteiger partial charge in [0.2, 0.25) is 0 Å². The predicted octanol–water partition coefficient (Wildman–Crippen LogP) is 8.77. The van der Waals surface area contributed by atoms with Gasteiger partial charge in [0, 0.05) is 27.3 Å². The fourth-order valence-electron chi connectivity index (χ4n) is 6.78. The second kappa shape index (κ2) is 11.4. The quantitative estimate of drug-likeness (QED) is 0.213. The molecule has 0 saturated carbocycles. The molecule has 7 aromatic rings. The summed E-state index contributed by atoms with van der Waals surface area (Å²) in [4.78, 5) is 10.2. The summed E-state index contributed by atoms with van der Waals surface area (Å²) in [5.74, 6) is 1.50. The van der Waals surface area contributed by atoms with Crippen LogP contribution < -0.4 is 16.0 Å². The number of nitrogens with one attached hydrogen (secondary N) is 1. The van der Waals surface area contributed by atoms with Crippen molar-refractivity contribution in [1.29, 1.82) is 0 Å². The Labute approximate surface area is 272 Å². The maximum absolute atomic E-state index is 6.69. The molecule has 0 amide bonds. The molecule has 1 aromatic heterocycles. The normalized spacial score (nSPS) is 15.6.